The van der Waals surface area contributed by atoms with E-state index in [1.807, 2.05) is 0 Å². The number of aromatic nitrogens is 1. The molecule has 1 aromatic heterocycles. The predicted octanol–water partition coefficient (Wildman–Crippen LogP) is 2.23. The van der Waals surface area contributed by atoms with Gasteiger partial charge in [-0.05, 0) is 5.41 Å². The van der Waals surface area contributed by atoms with Gasteiger partial charge >= 0.3 is 0 Å². The maximum atomic E-state index is 7.00. The van der Waals surface area contributed by atoms with Crippen molar-refractivity contribution in [1.29, 1.82) is 0 Å². The Morgan fingerprint density at radius 2 is 1.15 bits per heavy atom. The first-order valence-electron chi connectivity index (χ1n) is 6.17. The fraction of sp³-hybridized carbons (Fsp3) is 0.733. The van der Waals surface area contributed by atoms with Crippen LogP contribution in [-0.4, -0.2) is 41.6 Å². The second-order valence-corrected chi connectivity index (χ2v) is 5.70. The molecular weight excluding hydrogens is 290 g/mol. The summed E-state index contributed by atoms with van der Waals surface area (Å²) in [5, 5.41) is 21.0. The summed E-state index contributed by atoms with van der Waals surface area (Å²) < 4.78 is 0. The van der Waals surface area contributed by atoms with Crippen molar-refractivity contribution in [2.75, 3.05) is 21.3 Å². The third-order valence-corrected chi connectivity index (χ3v) is 2.18. The van der Waals surface area contributed by atoms with Gasteiger partial charge < -0.3 is 20.3 Å². The van der Waals surface area contributed by atoms with Crippen LogP contribution in [0.15, 0.2) is 6.07 Å². The van der Waals surface area contributed by atoms with Crippen LogP contribution in [0.5, 0.6) is 0 Å². The number of rotatable bonds is 0. The molecule has 5 heteroatoms. The summed E-state index contributed by atoms with van der Waals surface area (Å²) in [7, 11) is 3.00. The minimum atomic E-state index is 0. The normalized spacial score (nSPS) is 9.60. The van der Waals surface area contributed by atoms with Crippen molar-refractivity contribution in [3.63, 3.8) is 0 Å². The van der Waals surface area contributed by atoms with E-state index in [1.54, 1.807) is 0 Å². The van der Waals surface area contributed by atoms with Gasteiger partial charge in [-0.1, -0.05) is 52.7 Å². The number of H-pyrrole nitrogens is 1. The van der Waals surface area contributed by atoms with Crippen molar-refractivity contribution >= 4 is 0 Å². The molecule has 0 saturated carbocycles. The Bertz CT molecular complexity index is 270. The summed E-state index contributed by atoms with van der Waals surface area (Å²) in [5.74, 6) is 0. The molecule has 0 aliphatic rings. The SMILES string of the molecule is CC(C)(C)c1[c-]cc(C(C)(C)C)[nH]1.CO.CO.CO.[Ti]. The first-order chi connectivity index (χ1) is 8.71. The Kier molecular flexibility index (Phi) is 19.4. The van der Waals surface area contributed by atoms with Crippen LogP contribution < -0.4 is 0 Å². The smallest absolute Gasteiger partial charge is 0.0319 e. The second kappa shape index (κ2) is 13.8. The van der Waals surface area contributed by atoms with Crippen LogP contribution in [0.2, 0.25) is 0 Å². The van der Waals surface area contributed by atoms with Crippen molar-refractivity contribution in [3.05, 3.63) is 23.5 Å². The Labute approximate surface area is 139 Å². The fourth-order valence-electron chi connectivity index (χ4n) is 1.16. The van der Waals surface area contributed by atoms with E-state index in [9.17, 15) is 0 Å². The molecule has 0 bridgehead atoms. The van der Waals surface area contributed by atoms with Gasteiger partial charge in [0.1, 0.15) is 0 Å². The van der Waals surface area contributed by atoms with Gasteiger partial charge in [-0.2, -0.15) is 0 Å². The third-order valence-electron chi connectivity index (χ3n) is 2.18. The van der Waals surface area contributed by atoms with E-state index in [2.05, 4.69) is 58.7 Å². The first-order valence-corrected chi connectivity index (χ1v) is 6.17. The van der Waals surface area contributed by atoms with Gasteiger partial charge in [-0.15, -0.1) is 5.69 Å². The van der Waals surface area contributed by atoms with Gasteiger partial charge in [-0.25, -0.2) is 12.1 Å². The Balaban J connectivity index is -0.000000162. The number of hydrogen-bond acceptors (Lipinski definition) is 3. The van der Waals surface area contributed by atoms with E-state index in [4.69, 9.17) is 15.3 Å². The minimum absolute atomic E-state index is 0. The third kappa shape index (κ3) is 11.7. The number of aliphatic hydroxyl groups is 3. The zero-order valence-corrected chi connectivity index (χ0v) is 16.0. The quantitative estimate of drug-likeness (QED) is 0.437. The Hall–Kier alpha value is -0.126. The number of hydrogen-bond donors (Lipinski definition) is 4. The average Bonchev–Trinajstić information content (AvgIpc) is 2.86. The van der Waals surface area contributed by atoms with Gasteiger partial charge in [-0.3, -0.25) is 0 Å². The largest absolute Gasteiger partial charge is 0.454 e. The zero-order chi connectivity index (χ0) is 16.3. The molecule has 0 unspecified atom stereocenters. The van der Waals surface area contributed by atoms with Gasteiger partial charge in [0.25, 0.3) is 0 Å². The van der Waals surface area contributed by atoms with E-state index in [0.29, 0.717) is 0 Å². The van der Waals surface area contributed by atoms with Crippen molar-refractivity contribution in [2.45, 2.75) is 52.4 Å². The Morgan fingerprint density at radius 1 is 0.800 bits per heavy atom. The van der Waals surface area contributed by atoms with Gasteiger partial charge in [0.15, 0.2) is 0 Å². The van der Waals surface area contributed by atoms with Crippen LogP contribution >= 0.6 is 0 Å². The molecule has 0 atom stereocenters. The van der Waals surface area contributed by atoms with Crippen molar-refractivity contribution in [2.24, 2.45) is 0 Å². The molecule has 4 nitrogen and oxygen atoms in total. The molecule has 0 amide bonds. The summed E-state index contributed by atoms with van der Waals surface area (Å²) >= 11 is 0. The summed E-state index contributed by atoms with van der Waals surface area (Å²) in [6, 6.07) is 5.37. The maximum absolute atomic E-state index is 7.00. The number of aliphatic hydroxyl groups excluding tert-OH is 3. The summed E-state index contributed by atoms with van der Waals surface area (Å²) in [4.78, 5) is 3.44. The summed E-state index contributed by atoms with van der Waals surface area (Å²) in [6.45, 7) is 13.2. The second-order valence-electron chi connectivity index (χ2n) is 5.70. The van der Waals surface area contributed by atoms with Crippen LogP contribution in [0.1, 0.15) is 52.9 Å². The zero-order valence-electron chi connectivity index (χ0n) is 14.4. The van der Waals surface area contributed by atoms with E-state index in [1.165, 1.54) is 11.4 Å². The average molecular weight is 322 g/mol. The van der Waals surface area contributed by atoms with Gasteiger partial charge in [0, 0.05) is 43.0 Å². The van der Waals surface area contributed by atoms with E-state index in [-0.39, 0.29) is 32.5 Å². The fourth-order valence-corrected chi connectivity index (χ4v) is 1.16. The standard InChI is InChI=1S/C12H20N.3CH4O.Ti/c1-11(2,3)9-7-8-10(13-9)12(4,5)6;3*1-2;/h7,13H,1-6H3;3*2H,1H3;/q-1;;;;. The van der Waals surface area contributed by atoms with E-state index >= 15 is 0 Å². The number of aromatic amines is 1. The first kappa shape index (κ1) is 28.1. The molecule has 0 aliphatic carbocycles. The molecule has 0 aromatic carbocycles. The van der Waals surface area contributed by atoms with Crippen molar-refractivity contribution in [1.82, 2.24) is 4.98 Å². The monoisotopic (exact) mass is 322 g/mol. The molecule has 0 saturated heterocycles. The van der Waals surface area contributed by atoms with Crippen LogP contribution in [0.25, 0.3) is 0 Å². The topological polar surface area (TPSA) is 76.5 Å². The molecule has 0 fully saturated rings. The maximum Gasteiger partial charge on any atom is 0.0319 e. The molecule has 1 aromatic rings. The molecule has 0 aliphatic heterocycles. The van der Waals surface area contributed by atoms with Crippen molar-refractivity contribution < 1.29 is 37.0 Å². The molecule has 20 heavy (non-hydrogen) atoms. The van der Waals surface area contributed by atoms with Gasteiger partial charge in [0.2, 0.25) is 0 Å². The minimum Gasteiger partial charge on any atom is -0.454 e. The summed E-state index contributed by atoms with van der Waals surface area (Å²) in [5.41, 5.74) is 2.82. The van der Waals surface area contributed by atoms with E-state index < -0.39 is 0 Å². The van der Waals surface area contributed by atoms with Gasteiger partial charge in [0.05, 0.1) is 0 Å². The van der Waals surface area contributed by atoms with E-state index in [0.717, 1.165) is 21.3 Å². The van der Waals surface area contributed by atoms with Crippen molar-refractivity contribution in [3.8, 4) is 0 Å². The van der Waals surface area contributed by atoms with Crippen LogP contribution in [0.4, 0.5) is 0 Å². The van der Waals surface area contributed by atoms with Crippen LogP contribution in [0.3, 0.4) is 0 Å². The number of nitrogens with one attached hydrogen (secondary N) is 1. The predicted molar refractivity (Wildman–Crippen MR) is 81.5 cm³/mol. The van der Waals surface area contributed by atoms with Crippen LogP contribution in [0, 0.1) is 6.07 Å². The molecule has 1 rings (SSSR count). The molecular formula is C15H32NO3Ti-. The molecule has 0 radical (unpaired) electrons. The summed E-state index contributed by atoms with van der Waals surface area (Å²) in [6.07, 6.45) is 0. The molecule has 0 spiro atoms. The molecule has 120 valence electrons. The Morgan fingerprint density at radius 3 is 1.30 bits per heavy atom. The molecule has 1 heterocycles. The molecule has 4 N–H and O–H groups in total. The van der Waals surface area contributed by atoms with Crippen LogP contribution in [-0.2, 0) is 32.5 Å².